The molecule has 0 heterocycles. The summed E-state index contributed by atoms with van der Waals surface area (Å²) in [4.78, 5) is 11.4. The quantitative estimate of drug-likeness (QED) is 0.789. The zero-order chi connectivity index (χ0) is 13.9. The molecule has 0 rings (SSSR count). The van der Waals surface area contributed by atoms with Crippen molar-refractivity contribution in [1.29, 1.82) is 0 Å². The van der Waals surface area contributed by atoms with Crippen LogP contribution in [0.1, 0.15) is 34.6 Å². The molecule has 7 heteroatoms. The summed E-state index contributed by atoms with van der Waals surface area (Å²) in [5.41, 5.74) is -1.33. The van der Waals surface area contributed by atoms with Crippen LogP contribution in [0.3, 0.4) is 0 Å². The SMILES string of the molecule is CC(C)(CNC(=O)OC(C)(C)C)NS(C)(=O)=O. The summed E-state index contributed by atoms with van der Waals surface area (Å²) < 4.78 is 29.6. The normalized spacial score (nSPS) is 13.3. The smallest absolute Gasteiger partial charge is 0.407 e. The van der Waals surface area contributed by atoms with Gasteiger partial charge in [-0.25, -0.2) is 17.9 Å². The van der Waals surface area contributed by atoms with Crippen LogP contribution in [-0.2, 0) is 14.8 Å². The number of ether oxygens (including phenoxy) is 1. The summed E-state index contributed by atoms with van der Waals surface area (Å²) in [6.07, 6.45) is 0.503. The van der Waals surface area contributed by atoms with Crippen LogP contribution >= 0.6 is 0 Å². The van der Waals surface area contributed by atoms with E-state index >= 15 is 0 Å². The molecule has 0 atom stereocenters. The van der Waals surface area contributed by atoms with Crippen LogP contribution < -0.4 is 10.0 Å². The van der Waals surface area contributed by atoms with Crippen molar-refractivity contribution in [2.75, 3.05) is 12.8 Å². The van der Waals surface area contributed by atoms with Gasteiger partial charge in [0.15, 0.2) is 0 Å². The van der Waals surface area contributed by atoms with Crippen LogP contribution in [0.2, 0.25) is 0 Å². The molecular weight excluding hydrogens is 244 g/mol. The molecule has 102 valence electrons. The first kappa shape index (κ1) is 16.2. The molecule has 0 fully saturated rings. The van der Waals surface area contributed by atoms with Crippen molar-refractivity contribution < 1.29 is 17.9 Å². The van der Waals surface area contributed by atoms with Crippen molar-refractivity contribution in [1.82, 2.24) is 10.0 Å². The van der Waals surface area contributed by atoms with Crippen LogP contribution in [0.25, 0.3) is 0 Å². The Morgan fingerprint density at radius 1 is 1.18 bits per heavy atom. The van der Waals surface area contributed by atoms with Crippen LogP contribution in [0, 0.1) is 0 Å². The Bertz CT molecular complexity index is 368. The van der Waals surface area contributed by atoms with E-state index in [0.717, 1.165) is 6.26 Å². The number of nitrogens with one attached hydrogen (secondary N) is 2. The fraction of sp³-hybridized carbons (Fsp3) is 0.900. The summed E-state index contributed by atoms with van der Waals surface area (Å²) in [5.74, 6) is 0. The summed E-state index contributed by atoms with van der Waals surface area (Å²) in [7, 11) is -3.31. The van der Waals surface area contributed by atoms with Crippen molar-refractivity contribution in [2.45, 2.75) is 45.8 Å². The maximum atomic E-state index is 11.4. The third kappa shape index (κ3) is 10.1. The Balaban J connectivity index is 4.24. The van der Waals surface area contributed by atoms with Crippen molar-refractivity contribution in [3.8, 4) is 0 Å². The molecule has 0 aromatic rings. The highest BCUT2D eigenvalue weighted by molar-refractivity contribution is 7.88. The third-order valence-corrected chi connectivity index (χ3v) is 2.46. The van der Waals surface area contributed by atoms with Gasteiger partial charge in [0.25, 0.3) is 0 Å². The molecule has 0 aromatic carbocycles. The largest absolute Gasteiger partial charge is 0.444 e. The average Bonchev–Trinajstić information content (AvgIpc) is 1.92. The molecule has 0 aliphatic carbocycles. The molecular formula is C10H22N2O4S. The molecule has 2 N–H and O–H groups in total. The fourth-order valence-electron chi connectivity index (χ4n) is 1.15. The zero-order valence-corrected chi connectivity index (χ0v) is 12.1. The van der Waals surface area contributed by atoms with E-state index in [-0.39, 0.29) is 6.54 Å². The van der Waals surface area contributed by atoms with Crippen molar-refractivity contribution in [3.05, 3.63) is 0 Å². The number of hydrogen-bond acceptors (Lipinski definition) is 4. The van der Waals surface area contributed by atoms with Gasteiger partial charge in [-0.15, -0.1) is 0 Å². The van der Waals surface area contributed by atoms with Gasteiger partial charge in [0.05, 0.1) is 6.26 Å². The topological polar surface area (TPSA) is 84.5 Å². The van der Waals surface area contributed by atoms with E-state index in [0.29, 0.717) is 0 Å². The molecule has 0 aromatic heterocycles. The van der Waals surface area contributed by atoms with Gasteiger partial charge in [-0.05, 0) is 34.6 Å². The van der Waals surface area contributed by atoms with Gasteiger partial charge in [0, 0.05) is 12.1 Å². The Morgan fingerprint density at radius 2 is 1.65 bits per heavy atom. The molecule has 0 aliphatic rings. The molecule has 17 heavy (non-hydrogen) atoms. The molecule has 1 amide bonds. The first-order valence-electron chi connectivity index (χ1n) is 5.27. The number of carbonyl (C=O) groups is 1. The lowest BCUT2D eigenvalue weighted by Crippen LogP contribution is -2.51. The molecule has 6 nitrogen and oxygen atoms in total. The van der Waals surface area contributed by atoms with E-state index in [4.69, 9.17) is 4.74 Å². The minimum absolute atomic E-state index is 0.148. The molecule has 0 bridgehead atoms. The second-order valence-corrected chi connectivity index (χ2v) is 7.36. The lowest BCUT2D eigenvalue weighted by atomic mass is 10.1. The minimum atomic E-state index is -3.31. The van der Waals surface area contributed by atoms with Crippen LogP contribution in [0.15, 0.2) is 0 Å². The first-order valence-corrected chi connectivity index (χ1v) is 7.16. The molecule has 0 spiro atoms. The molecule has 0 aliphatic heterocycles. The summed E-state index contributed by atoms with van der Waals surface area (Å²) in [6, 6.07) is 0. The summed E-state index contributed by atoms with van der Waals surface area (Å²) >= 11 is 0. The number of alkyl carbamates (subject to hydrolysis) is 1. The minimum Gasteiger partial charge on any atom is -0.444 e. The van der Waals surface area contributed by atoms with Crippen molar-refractivity contribution in [2.24, 2.45) is 0 Å². The number of amides is 1. The highest BCUT2D eigenvalue weighted by Gasteiger charge is 2.24. The Labute approximate surface area is 103 Å². The predicted molar refractivity (Wildman–Crippen MR) is 66.3 cm³/mol. The maximum absolute atomic E-state index is 11.4. The predicted octanol–water partition coefficient (Wildman–Crippen LogP) is 0.839. The number of rotatable bonds is 4. The highest BCUT2D eigenvalue weighted by Crippen LogP contribution is 2.07. The van der Waals surface area contributed by atoms with Gasteiger partial charge in [0.1, 0.15) is 5.60 Å². The molecule has 0 saturated carbocycles. The number of hydrogen-bond donors (Lipinski definition) is 2. The van der Waals surface area contributed by atoms with Gasteiger partial charge < -0.3 is 10.1 Å². The van der Waals surface area contributed by atoms with E-state index in [1.54, 1.807) is 34.6 Å². The second kappa shape index (κ2) is 5.22. The molecule has 0 radical (unpaired) electrons. The van der Waals surface area contributed by atoms with E-state index < -0.39 is 27.3 Å². The summed E-state index contributed by atoms with van der Waals surface area (Å²) in [6.45, 7) is 8.76. The Morgan fingerprint density at radius 3 is 2.00 bits per heavy atom. The fourth-order valence-corrected chi connectivity index (χ4v) is 2.22. The van der Waals surface area contributed by atoms with Gasteiger partial charge in [-0.3, -0.25) is 0 Å². The Hall–Kier alpha value is -0.820. The van der Waals surface area contributed by atoms with Gasteiger partial charge in [-0.2, -0.15) is 0 Å². The van der Waals surface area contributed by atoms with Crippen LogP contribution in [0.4, 0.5) is 4.79 Å². The second-order valence-electron chi connectivity index (χ2n) is 5.61. The van der Waals surface area contributed by atoms with Gasteiger partial charge in [-0.1, -0.05) is 0 Å². The van der Waals surface area contributed by atoms with Crippen LogP contribution in [0.5, 0.6) is 0 Å². The average molecular weight is 266 g/mol. The molecule has 0 saturated heterocycles. The van der Waals surface area contributed by atoms with Gasteiger partial charge in [0.2, 0.25) is 10.0 Å². The Kier molecular flexibility index (Phi) is 4.97. The maximum Gasteiger partial charge on any atom is 0.407 e. The van der Waals surface area contributed by atoms with E-state index in [1.807, 2.05) is 0 Å². The molecule has 0 unspecified atom stereocenters. The lowest BCUT2D eigenvalue weighted by Gasteiger charge is -2.26. The summed E-state index contributed by atoms with van der Waals surface area (Å²) in [5, 5.41) is 2.51. The zero-order valence-electron chi connectivity index (χ0n) is 11.2. The van der Waals surface area contributed by atoms with Crippen molar-refractivity contribution >= 4 is 16.1 Å². The van der Waals surface area contributed by atoms with E-state index in [1.165, 1.54) is 0 Å². The highest BCUT2D eigenvalue weighted by atomic mass is 32.2. The number of sulfonamides is 1. The monoisotopic (exact) mass is 266 g/mol. The first-order chi connectivity index (χ1) is 7.31. The van der Waals surface area contributed by atoms with Gasteiger partial charge >= 0.3 is 6.09 Å². The number of carbonyl (C=O) groups excluding carboxylic acids is 1. The van der Waals surface area contributed by atoms with E-state index in [9.17, 15) is 13.2 Å². The van der Waals surface area contributed by atoms with Crippen molar-refractivity contribution in [3.63, 3.8) is 0 Å². The lowest BCUT2D eigenvalue weighted by molar-refractivity contribution is 0.0516. The van der Waals surface area contributed by atoms with E-state index in [2.05, 4.69) is 10.0 Å². The standard InChI is InChI=1S/C10H22N2O4S/c1-9(2,3)16-8(13)11-7-10(4,5)12-17(6,14)15/h12H,7H2,1-6H3,(H,11,13). The third-order valence-electron chi connectivity index (χ3n) is 1.54. The van der Waals surface area contributed by atoms with Crippen LogP contribution in [-0.4, -0.2) is 38.5 Å².